The Morgan fingerprint density at radius 1 is 0.962 bits per heavy atom. The summed E-state index contributed by atoms with van der Waals surface area (Å²) in [5.74, 6) is -1.85. The lowest BCUT2D eigenvalue weighted by molar-refractivity contribution is -0.120. The van der Waals surface area contributed by atoms with Gasteiger partial charge in [0.15, 0.2) is 0 Å². The first-order chi connectivity index (χ1) is 12.3. The van der Waals surface area contributed by atoms with Crippen molar-refractivity contribution in [2.24, 2.45) is 0 Å². The molecule has 0 atom stereocenters. The van der Waals surface area contributed by atoms with Crippen LogP contribution in [0.1, 0.15) is 22.8 Å². The van der Waals surface area contributed by atoms with Gasteiger partial charge in [-0.3, -0.25) is 20.4 Å². The number of hydrazine groups is 1. The van der Waals surface area contributed by atoms with Crippen LogP contribution in [0.2, 0.25) is 0 Å². The van der Waals surface area contributed by atoms with Crippen LogP contribution in [0.3, 0.4) is 0 Å². The van der Waals surface area contributed by atoms with Gasteiger partial charge in [-0.2, -0.15) is 0 Å². The number of benzene rings is 2. The van der Waals surface area contributed by atoms with Crippen LogP contribution in [-0.4, -0.2) is 26.8 Å². The Bertz CT molecular complexity index is 881. The normalized spacial score (nSPS) is 11.0. The number of sulfonamides is 1. The van der Waals surface area contributed by atoms with Gasteiger partial charge in [0.05, 0.1) is 11.4 Å². The van der Waals surface area contributed by atoms with Crippen LogP contribution in [0.15, 0.2) is 53.4 Å². The number of hydrogen-bond donors (Lipinski definition) is 3. The first kappa shape index (κ1) is 19.5. The van der Waals surface area contributed by atoms with E-state index < -0.39 is 34.2 Å². The molecule has 0 aliphatic rings. The van der Waals surface area contributed by atoms with Gasteiger partial charge in [0, 0.05) is 5.56 Å². The lowest BCUT2D eigenvalue weighted by atomic mass is 10.1. The topological polar surface area (TPSA) is 104 Å². The first-order valence-electron chi connectivity index (χ1n) is 7.75. The van der Waals surface area contributed by atoms with Crippen molar-refractivity contribution in [2.75, 3.05) is 6.54 Å². The Morgan fingerprint density at radius 3 is 2.15 bits per heavy atom. The Labute approximate surface area is 150 Å². The average molecular weight is 379 g/mol. The lowest BCUT2D eigenvalue weighted by Crippen LogP contribution is -2.46. The molecule has 0 fully saturated rings. The molecule has 2 amide bonds. The molecule has 0 bridgehead atoms. The Hall–Kier alpha value is -2.78. The van der Waals surface area contributed by atoms with Crippen LogP contribution in [0, 0.1) is 5.82 Å². The molecule has 26 heavy (non-hydrogen) atoms. The quantitative estimate of drug-likeness (QED) is 0.655. The molecule has 0 aromatic heterocycles. The standard InChI is InChI=1S/C17H18FN3O4S/c1-2-12-3-5-13(6-4-12)17(23)21-20-16(22)11-19-26(24,25)15-9-7-14(18)8-10-15/h3-10,19H,2,11H2,1H3,(H,20,22)(H,21,23). The lowest BCUT2D eigenvalue weighted by Gasteiger charge is -2.09. The smallest absolute Gasteiger partial charge is 0.269 e. The van der Waals surface area contributed by atoms with Crippen molar-refractivity contribution in [3.63, 3.8) is 0 Å². The van der Waals surface area contributed by atoms with Crippen LogP contribution >= 0.6 is 0 Å². The van der Waals surface area contributed by atoms with E-state index in [1.807, 2.05) is 6.92 Å². The highest BCUT2D eigenvalue weighted by atomic mass is 32.2. The van der Waals surface area contributed by atoms with Crippen LogP contribution < -0.4 is 15.6 Å². The number of rotatable bonds is 6. The molecule has 0 radical (unpaired) electrons. The van der Waals surface area contributed by atoms with E-state index in [2.05, 4.69) is 15.6 Å². The van der Waals surface area contributed by atoms with Crippen LogP contribution in [-0.2, 0) is 21.2 Å². The van der Waals surface area contributed by atoms with Gasteiger partial charge in [0.25, 0.3) is 11.8 Å². The molecule has 138 valence electrons. The third-order valence-corrected chi connectivity index (χ3v) is 4.90. The van der Waals surface area contributed by atoms with Crippen molar-refractivity contribution < 1.29 is 22.4 Å². The molecular weight excluding hydrogens is 361 g/mol. The fraction of sp³-hybridized carbons (Fsp3) is 0.176. The Balaban J connectivity index is 1.84. The van der Waals surface area contributed by atoms with Gasteiger partial charge in [0.1, 0.15) is 5.82 Å². The van der Waals surface area contributed by atoms with E-state index in [0.29, 0.717) is 5.56 Å². The van der Waals surface area contributed by atoms with Gasteiger partial charge in [-0.05, 0) is 48.4 Å². The van der Waals surface area contributed by atoms with Crippen molar-refractivity contribution in [1.29, 1.82) is 0 Å². The van der Waals surface area contributed by atoms with Gasteiger partial charge in [0.2, 0.25) is 10.0 Å². The van der Waals surface area contributed by atoms with Gasteiger partial charge in [-0.15, -0.1) is 0 Å². The Morgan fingerprint density at radius 2 is 1.58 bits per heavy atom. The minimum atomic E-state index is -3.96. The van der Waals surface area contributed by atoms with E-state index in [0.717, 1.165) is 36.2 Å². The maximum absolute atomic E-state index is 12.8. The molecule has 0 saturated carbocycles. The molecule has 0 unspecified atom stereocenters. The molecule has 2 aromatic rings. The van der Waals surface area contributed by atoms with Crippen molar-refractivity contribution in [1.82, 2.24) is 15.6 Å². The third-order valence-electron chi connectivity index (χ3n) is 3.49. The number of halogens is 1. The van der Waals surface area contributed by atoms with E-state index in [1.165, 1.54) is 0 Å². The summed E-state index contributed by atoms with van der Waals surface area (Å²) in [6.45, 7) is 1.40. The molecule has 7 nitrogen and oxygen atoms in total. The van der Waals surface area contributed by atoms with Gasteiger partial charge in [-0.1, -0.05) is 19.1 Å². The second kappa shape index (κ2) is 8.54. The maximum atomic E-state index is 12.8. The van der Waals surface area contributed by atoms with E-state index in [4.69, 9.17) is 0 Å². The summed E-state index contributed by atoms with van der Waals surface area (Å²) >= 11 is 0. The van der Waals surface area contributed by atoms with Gasteiger partial charge >= 0.3 is 0 Å². The molecule has 9 heteroatoms. The van der Waals surface area contributed by atoms with Crippen molar-refractivity contribution in [3.8, 4) is 0 Å². The summed E-state index contributed by atoms with van der Waals surface area (Å²) in [4.78, 5) is 23.4. The molecular formula is C17H18FN3O4S. The number of amides is 2. The molecule has 3 N–H and O–H groups in total. The molecule has 2 aromatic carbocycles. The van der Waals surface area contributed by atoms with Crippen molar-refractivity contribution in [2.45, 2.75) is 18.2 Å². The number of nitrogens with one attached hydrogen (secondary N) is 3. The molecule has 0 saturated heterocycles. The zero-order valence-electron chi connectivity index (χ0n) is 14.0. The summed E-state index contributed by atoms with van der Waals surface area (Å²) in [7, 11) is -3.96. The van der Waals surface area contributed by atoms with Crippen molar-refractivity contribution >= 4 is 21.8 Å². The first-order valence-corrected chi connectivity index (χ1v) is 9.23. The predicted octanol–water partition coefficient (Wildman–Crippen LogP) is 1.13. The fourth-order valence-electron chi connectivity index (χ4n) is 1.99. The molecule has 0 aliphatic heterocycles. The molecule has 0 aliphatic carbocycles. The minimum Gasteiger partial charge on any atom is -0.272 e. The second-order valence-electron chi connectivity index (χ2n) is 5.33. The second-order valence-corrected chi connectivity index (χ2v) is 7.10. The minimum absolute atomic E-state index is 0.174. The van der Waals surface area contributed by atoms with Crippen LogP contribution in [0.25, 0.3) is 0 Å². The SMILES string of the molecule is CCc1ccc(C(=O)NNC(=O)CNS(=O)(=O)c2ccc(F)cc2)cc1. The zero-order chi connectivity index (χ0) is 19.2. The number of carbonyl (C=O) groups is 2. The largest absolute Gasteiger partial charge is 0.272 e. The summed E-state index contributed by atoms with van der Waals surface area (Å²) in [6.07, 6.45) is 0.840. The Kier molecular flexibility index (Phi) is 6.42. The molecule has 0 spiro atoms. The summed E-state index contributed by atoms with van der Waals surface area (Å²) in [6, 6.07) is 11.0. The van der Waals surface area contributed by atoms with E-state index in [9.17, 15) is 22.4 Å². The molecule has 0 heterocycles. The zero-order valence-corrected chi connectivity index (χ0v) is 14.8. The van der Waals surface area contributed by atoms with E-state index in [1.54, 1.807) is 24.3 Å². The summed E-state index contributed by atoms with van der Waals surface area (Å²) in [5.41, 5.74) is 5.74. The van der Waals surface area contributed by atoms with Gasteiger partial charge in [-0.25, -0.2) is 17.5 Å². The summed E-state index contributed by atoms with van der Waals surface area (Å²) < 4.78 is 38.8. The van der Waals surface area contributed by atoms with Crippen LogP contribution in [0.5, 0.6) is 0 Å². The number of carbonyl (C=O) groups excluding carboxylic acids is 2. The summed E-state index contributed by atoms with van der Waals surface area (Å²) in [5, 5.41) is 0. The fourth-order valence-corrected chi connectivity index (χ4v) is 2.97. The highest BCUT2D eigenvalue weighted by molar-refractivity contribution is 7.89. The monoisotopic (exact) mass is 379 g/mol. The number of aryl methyl sites for hydroxylation is 1. The predicted molar refractivity (Wildman–Crippen MR) is 93.0 cm³/mol. The van der Waals surface area contributed by atoms with Crippen LogP contribution in [0.4, 0.5) is 4.39 Å². The molecule has 2 rings (SSSR count). The van der Waals surface area contributed by atoms with E-state index in [-0.39, 0.29) is 4.90 Å². The average Bonchev–Trinajstić information content (AvgIpc) is 2.65. The highest BCUT2D eigenvalue weighted by Crippen LogP contribution is 2.09. The third kappa shape index (κ3) is 5.36. The maximum Gasteiger partial charge on any atom is 0.269 e. The van der Waals surface area contributed by atoms with Crippen molar-refractivity contribution in [3.05, 3.63) is 65.5 Å². The highest BCUT2D eigenvalue weighted by Gasteiger charge is 2.16. The van der Waals surface area contributed by atoms with Gasteiger partial charge < -0.3 is 0 Å². The number of hydrogen-bond acceptors (Lipinski definition) is 4. The van der Waals surface area contributed by atoms with E-state index >= 15 is 0 Å².